The van der Waals surface area contributed by atoms with Crippen LogP contribution in [0.5, 0.6) is 5.75 Å². The van der Waals surface area contributed by atoms with Crippen molar-refractivity contribution in [1.82, 2.24) is 14.4 Å². The van der Waals surface area contributed by atoms with Gasteiger partial charge in [0.05, 0.1) is 4.90 Å². The number of benzene rings is 2. The molecule has 0 aliphatic rings. The minimum absolute atomic E-state index is 0.116. The Hall–Kier alpha value is -2.42. The summed E-state index contributed by atoms with van der Waals surface area (Å²) in [5.41, 5.74) is 1.74. The first-order valence-corrected chi connectivity index (χ1v) is 10.8. The van der Waals surface area contributed by atoms with Gasteiger partial charge in [-0.05, 0) is 49.7 Å². The van der Waals surface area contributed by atoms with Gasteiger partial charge in [0.2, 0.25) is 10.0 Å². The molecule has 0 unspecified atom stereocenters. The zero-order valence-electron chi connectivity index (χ0n) is 16.4. The molecule has 1 heterocycles. The Kier molecular flexibility index (Phi) is 6.56. The van der Waals surface area contributed by atoms with E-state index in [0.29, 0.717) is 33.8 Å². The highest BCUT2D eigenvalue weighted by Crippen LogP contribution is 2.20. The lowest BCUT2D eigenvalue weighted by atomic mass is 10.2. The molecule has 9 heteroatoms. The number of ether oxygens (including phenoxy) is 1. The second-order valence-corrected chi connectivity index (χ2v) is 9.14. The maximum Gasteiger partial charge on any atom is 0.264 e. The molecule has 2 aromatic carbocycles. The van der Waals surface area contributed by atoms with Crippen molar-refractivity contribution >= 4 is 21.6 Å². The minimum Gasteiger partial charge on any atom is -0.484 e. The fourth-order valence-electron chi connectivity index (χ4n) is 2.76. The summed E-state index contributed by atoms with van der Waals surface area (Å²) in [6.07, 6.45) is 0.324. The third kappa shape index (κ3) is 5.35. The van der Waals surface area contributed by atoms with Crippen LogP contribution in [0.15, 0.2) is 51.9 Å². The molecule has 0 aliphatic carbocycles. The molecular weight excluding hydrogens is 414 g/mol. The van der Waals surface area contributed by atoms with Crippen LogP contribution in [0.4, 0.5) is 0 Å². The Morgan fingerprint density at radius 2 is 1.86 bits per heavy atom. The molecule has 154 valence electrons. The quantitative estimate of drug-likeness (QED) is 0.535. The van der Waals surface area contributed by atoms with Crippen LogP contribution in [0.3, 0.4) is 0 Å². The molecule has 7 nitrogen and oxygen atoms in total. The number of nitrogens with zero attached hydrogens (tertiary/aromatic N) is 3. The molecule has 0 radical (unpaired) electrons. The van der Waals surface area contributed by atoms with Gasteiger partial charge in [0.15, 0.2) is 12.4 Å². The van der Waals surface area contributed by atoms with Crippen molar-refractivity contribution in [3.05, 3.63) is 70.3 Å². The summed E-state index contributed by atoms with van der Waals surface area (Å²) in [6, 6.07) is 12.2. The molecule has 3 aromatic rings. The zero-order chi connectivity index (χ0) is 21.0. The molecule has 0 saturated carbocycles. The van der Waals surface area contributed by atoms with Gasteiger partial charge in [-0.25, -0.2) is 12.7 Å². The third-order valence-electron chi connectivity index (χ3n) is 4.36. The standard InChI is InChI=1S/C20H22ClN3O4S/c1-14-4-9-18(15(2)12-14)29(25,26)24(3)11-10-19-22-20(28-23-19)13-27-17-7-5-16(21)6-8-17/h4-9,12H,10-11,13H2,1-3H3. The molecule has 0 fully saturated rings. The van der Waals surface area contributed by atoms with E-state index in [2.05, 4.69) is 10.1 Å². The highest BCUT2D eigenvalue weighted by molar-refractivity contribution is 7.89. The molecule has 0 saturated heterocycles. The number of rotatable bonds is 8. The van der Waals surface area contributed by atoms with Crippen molar-refractivity contribution in [2.45, 2.75) is 31.8 Å². The maximum atomic E-state index is 12.8. The first-order valence-electron chi connectivity index (χ1n) is 8.99. The van der Waals surface area contributed by atoms with Gasteiger partial charge in [-0.15, -0.1) is 0 Å². The Balaban J connectivity index is 1.57. The Bertz CT molecular complexity index is 1080. The molecule has 29 heavy (non-hydrogen) atoms. The van der Waals surface area contributed by atoms with Crippen molar-refractivity contribution in [3.8, 4) is 5.75 Å². The van der Waals surface area contributed by atoms with Gasteiger partial charge in [-0.3, -0.25) is 0 Å². The summed E-state index contributed by atoms with van der Waals surface area (Å²) in [5.74, 6) is 1.37. The molecule has 0 atom stereocenters. The third-order valence-corrected chi connectivity index (χ3v) is 6.62. The van der Waals surface area contributed by atoms with E-state index in [1.165, 1.54) is 4.31 Å². The molecule has 0 N–H and O–H groups in total. The van der Waals surface area contributed by atoms with Crippen LogP contribution in [-0.2, 0) is 23.1 Å². The van der Waals surface area contributed by atoms with Gasteiger partial charge in [0.1, 0.15) is 5.75 Å². The lowest BCUT2D eigenvalue weighted by molar-refractivity contribution is 0.242. The lowest BCUT2D eigenvalue weighted by Crippen LogP contribution is -2.29. The summed E-state index contributed by atoms with van der Waals surface area (Å²) in [7, 11) is -2.05. The molecule has 0 aliphatic heterocycles. The first-order chi connectivity index (χ1) is 13.8. The predicted molar refractivity (Wildman–Crippen MR) is 110 cm³/mol. The highest BCUT2D eigenvalue weighted by atomic mass is 35.5. The van der Waals surface area contributed by atoms with Crippen molar-refractivity contribution < 1.29 is 17.7 Å². The van der Waals surface area contributed by atoms with E-state index >= 15 is 0 Å². The van der Waals surface area contributed by atoms with Crippen LogP contribution in [-0.4, -0.2) is 36.5 Å². The Morgan fingerprint density at radius 1 is 1.14 bits per heavy atom. The molecule has 3 rings (SSSR count). The van der Waals surface area contributed by atoms with Crippen molar-refractivity contribution in [3.63, 3.8) is 0 Å². The van der Waals surface area contributed by atoms with Crippen LogP contribution in [0.2, 0.25) is 5.02 Å². The fourth-order valence-corrected chi connectivity index (χ4v) is 4.26. The van der Waals surface area contributed by atoms with E-state index in [1.807, 2.05) is 13.0 Å². The van der Waals surface area contributed by atoms with Gasteiger partial charge in [0, 0.05) is 25.0 Å². The number of halogens is 1. The molecule has 1 aromatic heterocycles. The van der Waals surface area contributed by atoms with Crippen molar-refractivity contribution in [2.24, 2.45) is 0 Å². The van der Waals surface area contributed by atoms with Crippen LogP contribution in [0.25, 0.3) is 0 Å². The topological polar surface area (TPSA) is 85.5 Å². The molecular formula is C20H22ClN3O4S. The van der Waals surface area contributed by atoms with Crippen LogP contribution in [0.1, 0.15) is 22.8 Å². The average Bonchev–Trinajstić information content (AvgIpc) is 3.13. The van der Waals surface area contributed by atoms with Gasteiger partial charge >= 0.3 is 0 Å². The van der Waals surface area contributed by atoms with Crippen LogP contribution >= 0.6 is 11.6 Å². The molecule has 0 amide bonds. The van der Waals surface area contributed by atoms with E-state index in [1.54, 1.807) is 50.4 Å². The van der Waals surface area contributed by atoms with Gasteiger partial charge in [-0.1, -0.05) is 34.5 Å². The van der Waals surface area contributed by atoms with Crippen LogP contribution < -0.4 is 4.74 Å². The smallest absolute Gasteiger partial charge is 0.264 e. The maximum absolute atomic E-state index is 12.8. The second kappa shape index (κ2) is 8.94. The number of aryl methyl sites for hydroxylation is 2. The minimum atomic E-state index is -3.59. The van der Waals surface area contributed by atoms with E-state index < -0.39 is 10.0 Å². The number of hydrogen-bond donors (Lipinski definition) is 0. The lowest BCUT2D eigenvalue weighted by Gasteiger charge is -2.18. The SMILES string of the molecule is Cc1ccc(S(=O)(=O)N(C)CCc2noc(COc3ccc(Cl)cc3)n2)c(C)c1. The van der Waals surface area contributed by atoms with Gasteiger partial charge < -0.3 is 9.26 Å². The van der Waals surface area contributed by atoms with Crippen molar-refractivity contribution in [2.75, 3.05) is 13.6 Å². The Labute approximate surface area is 175 Å². The van der Waals surface area contributed by atoms with E-state index in [0.717, 1.165) is 11.1 Å². The van der Waals surface area contributed by atoms with Gasteiger partial charge in [0.25, 0.3) is 5.89 Å². The molecule has 0 spiro atoms. The molecule has 0 bridgehead atoms. The Morgan fingerprint density at radius 3 is 2.55 bits per heavy atom. The second-order valence-electron chi connectivity index (χ2n) is 6.69. The average molecular weight is 436 g/mol. The normalized spacial score (nSPS) is 11.8. The number of aromatic nitrogens is 2. The number of hydrogen-bond acceptors (Lipinski definition) is 6. The predicted octanol–water partition coefficient (Wildman–Crippen LogP) is 3.78. The van der Waals surface area contributed by atoms with Crippen molar-refractivity contribution in [1.29, 1.82) is 0 Å². The zero-order valence-corrected chi connectivity index (χ0v) is 18.0. The monoisotopic (exact) mass is 435 g/mol. The van der Waals surface area contributed by atoms with E-state index in [-0.39, 0.29) is 13.2 Å². The first kappa shape index (κ1) is 21.3. The van der Waals surface area contributed by atoms with Gasteiger partial charge in [-0.2, -0.15) is 4.98 Å². The highest BCUT2D eigenvalue weighted by Gasteiger charge is 2.23. The number of likely N-dealkylation sites (N-methyl/N-ethyl adjacent to an activating group) is 1. The summed E-state index contributed by atoms with van der Waals surface area (Å²) in [4.78, 5) is 4.55. The largest absolute Gasteiger partial charge is 0.484 e. The van der Waals surface area contributed by atoms with E-state index in [4.69, 9.17) is 20.9 Å². The van der Waals surface area contributed by atoms with Crippen LogP contribution in [0, 0.1) is 13.8 Å². The summed E-state index contributed by atoms with van der Waals surface area (Å²) in [5, 5.41) is 4.51. The number of sulfonamides is 1. The summed E-state index contributed by atoms with van der Waals surface area (Å²) < 4.78 is 37.6. The summed E-state index contributed by atoms with van der Waals surface area (Å²) >= 11 is 5.84. The summed E-state index contributed by atoms with van der Waals surface area (Å²) in [6.45, 7) is 4.06. The fraction of sp³-hybridized carbons (Fsp3) is 0.300. The van der Waals surface area contributed by atoms with E-state index in [9.17, 15) is 8.42 Å².